The predicted octanol–water partition coefficient (Wildman–Crippen LogP) is 1.14. The summed E-state index contributed by atoms with van der Waals surface area (Å²) in [5.74, 6) is 0.546. The van der Waals surface area contributed by atoms with E-state index in [2.05, 4.69) is 9.62 Å². The Labute approximate surface area is 188 Å². The second kappa shape index (κ2) is 9.85. The molecule has 0 atom stereocenters. The lowest BCUT2D eigenvalue weighted by atomic mass is 10.2. The summed E-state index contributed by atoms with van der Waals surface area (Å²) in [7, 11) is -3.71. The minimum Gasteiger partial charge on any atom is -0.468 e. The van der Waals surface area contributed by atoms with Crippen LogP contribution in [0.4, 0.5) is 0 Å². The number of carbonyl (C=O) groups is 2. The minimum absolute atomic E-state index is 0.0561. The Morgan fingerprint density at radius 2 is 1.59 bits per heavy atom. The van der Waals surface area contributed by atoms with E-state index in [1.165, 1.54) is 30.5 Å². The Kier molecular flexibility index (Phi) is 6.92. The molecule has 0 spiro atoms. The normalized spacial score (nSPS) is 17.6. The molecule has 1 aromatic carbocycles. The number of furan rings is 1. The number of carbonyl (C=O) groups excluding carboxylic acids is 2. The average molecular weight is 461 g/mol. The zero-order valence-electron chi connectivity index (χ0n) is 17.9. The van der Waals surface area contributed by atoms with Crippen molar-refractivity contribution in [2.45, 2.75) is 24.3 Å². The lowest BCUT2D eigenvalue weighted by Crippen LogP contribution is -2.51. The lowest BCUT2D eigenvalue weighted by Gasteiger charge is -2.35. The highest BCUT2D eigenvalue weighted by molar-refractivity contribution is 7.89. The summed E-state index contributed by atoms with van der Waals surface area (Å²) in [6, 6.07) is 9.31. The molecule has 2 aliphatic rings. The zero-order chi connectivity index (χ0) is 22.6. The molecule has 2 amide bonds. The highest BCUT2D eigenvalue weighted by Crippen LogP contribution is 2.15. The van der Waals surface area contributed by atoms with E-state index in [4.69, 9.17) is 4.42 Å². The van der Waals surface area contributed by atoms with Gasteiger partial charge in [0.1, 0.15) is 5.76 Å². The number of sulfonamides is 1. The van der Waals surface area contributed by atoms with Crippen molar-refractivity contribution in [2.75, 3.05) is 45.8 Å². The van der Waals surface area contributed by atoms with Gasteiger partial charge in [0, 0.05) is 44.8 Å². The van der Waals surface area contributed by atoms with E-state index in [-0.39, 0.29) is 23.3 Å². The largest absolute Gasteiger partial charge is 0.468 e. The summed E-state index contributed by atoms with van der Waals surface area (Å²) >= 11 is 0. The monoisotopic (exact) mass is 460 g/mol. The van der Waals surface area contributed by atoms with Gasteiger partial charge in [-0.1, -0.05) is 0 Å². The molecule has 0 radical (unpaired) electrons. The first-order chi connectivity index (χ1) is 15.4. The topological polar surface area (TPSA) is 103 Å². The molecular weight excluding hydrogens is 432 g/mol. The van der Waals surface area contributed by atoms with Crippen LogP contribution in [0.3, 0.4) is 0 Å². The summed E-state index contributed by atoms with van der Waals surface area (Å²) in [5.41, 5.74) is 0.441. The van der Waals surface area contributed by atoms with Crippen molar-refractivity contribution in [3.8, 4) is 0 Å². The minimum atomic E-state index is -3.71. The molecule has 2 fully saturated rings. The maximum atomic E-state index is 12.8. The van der Waals surface area contributed by atoms with Crippen LogP contribution in [-0.2, 0) is 21.4 Å². The average Bonchev–Trinajstić information content (AvgIpc) is 3.52. The number of likely N-dealkylation sites (tertiary alicyclic amines) is 1. The van der Waals surface area contributed by atoms with Crippen LogP contribution < -0.4 is 4.72 Å². The molecule has 0 saturated carbocycles. The molecule has 32 heavy (non-hydrogen) atoms. The standard InChI is InChI=1S/C22H28N4O5S/c27-21(25-9-1-2-10-25)17-24-11-13-26(14-12-24)22(28)18-5-7-20(8-6-18)32(29,30)23-16-19-4-3-15-31-19/h3-8,15,23H,1-2,9-14,16-17H2. The molecule has 2 saturated heterocycles. The number of piperazine rings is 1. The number of amides is 2. The van der Waals surface area contributed by atoms with E-state index in [1.807, 2.05) is 4.90 Å². The number of benzene rings is 1. The van der Waals surface area contributed by atoms with Crippen LogP contribution in [0, 0.1) is 0 Å². The first-order valence-electron chi connectivity index (χ1n) is 10.8. The van der Waals surface area contributed by atoms with Crippen molar-refractivity contribution >= 4 is 21.8 Å². The van der Waals surface area contributed by atoms with Gasteiger partial charge < -0.3 is 14.2 Å². The SMILES string of the molecule is O=C(CN1CCN(C(=O)c2ccc(S(=O)(=O)NCc3ccco3)cc2)CC1)N1CCCC1. The Bertz CT molecular complexity index is 1020. The molecule has 3 heterocycles. The molecule has 4 rings (SSSR count). The van der Waals surface area contributed by atoms with Crippen LogP contribution in [0.5, 0.6) is 0 Å². The lowest BCUT2D eigenvalue weighted by molar-refractivity contribution is -0.131. The fourth-order valence-corrected chi connectivity index (χ4v) is 4.98. The first kappa shape index (κ1) is 22.5. The summed E-state index contributed by atoms with van der Waals surface area (Å²) < 4.78 is 32.5. The maximum absolute atomic E-state index is 12.8. The van der Waals surface area contributed by atoms with Gasteiger partial charge in [-0.3, -0.25) is 14.5 Å². The fraction of sp³-hybridized carbons (Fsp3) is 0.455. The van der Waals surface area contributed by atoms with Gasteiger partial charge in [-0.2, -0.15) is 0 Å². The van der Waals surface area contributed by atoms with Gasteiger partial charge in [0.15, 0.2) is 0 Å². The quantitative estimate of drug-likeness (QED) is 0.665. The van der Waals surface area contributed by atoms with Crippen LogP contribution in [0.25, 0.3) is 0 Å². The van der Waals surface area contributed by atoms with Crippen LogP contribution in [0.1, 0.15) is 29.0 Å². The van der Waals surface area contributed by atoms with Gasteiger partial charge in [-0.05, 0) is 49.2 Å². The van der Waals surface area contributed by atoms with Gasteiger partial charge >= 0.3 is 0 Å². The Morgan fingerprint density at radius 1 is 0.906 bits per heavy atom. The summed E-state index contributed by atoms with van der Waals surface area (Å²) in [6.07, 6.45) is 3.64. The van der Waals surface area contributed by atoms with Crippen molar-refractivity contribution in [3.05, 3.63) is 54.0 Å². The van der Waals surface area contributed by atoms with Crippen molar-refractivity contribution in [1.29, 1.82) is 0 Å². The number of nitrogens with one attached hydrogen (secondary N) is 1. The number of rotatable bonds is 7. The van der Waals surface area contributed by atoms with Crippen LogP contribution in [0.2, 0.25) is 0 Å². The number of hydrogen-bond donors (Lipinski definition) is 1. The highest BCUT2D eigenvalue weighted by atomic mass is 32.2. The highest BCUT2D eigenvalue weighted by Gasteiger charge is 2.26. The van der Waals surface area contributed by atoms with Crippen LogP contribution in [-0.4, -0.2) is 80.7 Å². The third kappa shape index (κ3) is 5.37. The summed E-state index contributed by atoms with van der Waals surface area (Å²) in [5, 5.41) is 0. The van der Waals surface area contributed by atoms with E-state index in [0.717, 1.165) is 25.9 Å². The van der Waals surface area contributed by atoms with E-state index < -0.39 is 10.0 Å². The summed E-state index contributed by atoms with van der Waals surface area (Å²) in [4.78, 5) is 31.0. The third-order valence-corrected chi connectivity index (χ3v) is 7.32. The summed E-state index contributed by atoms with van der Waals surface area (Å²) in [6.45, 7) is 4.53. The second-order valence-corrected chi connectivity index (χ2v) is 9.85. The molecule has 0 bridgehead atoms. The van der Waals surface area contributed by atoms with E-state index in [9.17, 15) is 18.0 Å². The molecule has 0 unspecified atom stereocenters. The second-order valence-electron chi connectivity index (χ2n) is 8.08. The number of hydrogen-bond acceptors (Lipinski definition) is 6. The predicted molar refractivity (Wildman–Crippen MR) is 117 cm³/mol. The third-order valence-electron chi connectivity index (χ3n) is 5.91. The van der Waals surface area contributed by atoms with Gasteiger partial charge in [0.05, 0.1) is 24.2 Å². The van der Waals surface area contributed by atoms with E-state index >= 15 is 0 Å². The zero-order valence-corrected chi connectivity index (χ0v) is 18.7. The fourth-order valence-electron chi connectivity index (χ4n) is 3.99. The van der Waals surface area contributed by atoms with Crippen molar-refractivity contribution in [2.24, 2.45) is 0 Å². The Morgan fingerprint density at radius 3 is 2.22 bits per heavy atom. The Balaban J connectivity index is 1.28. The van der Waals surface area contributed by atoms with Gasteiger partial charge in [0.2, 0.25) is 15.9 Å². The molecule has 10 heteroatoms. The van der Waals surface area contributed by atoms with E-state index in [0.29, 0.717) is 44.0 Å². The smallest absolute Gasteiger partial charge is 0.253 e. The van der Waals surface area contributed by atoms with Crippen molar-refractivity contribution < 1.29 is 22.4 Å². The van der Waals surface area contributed by atoms with Gasteiger partial charge in [-0.25, -0.2) is 13.1 Å². The molecule has 9 nitrogen and oxygen atoms in total. The molecule has 2 aromatic rings. The molecular formula is C22H28N4O5S. The molecule has 1 N–H and O–H groups in total. The van der Waals surface area contributed by atoms with Crippen LogP contribution in [0.15, 0.2) is 52.0 Å². The van der Waals surface area contributed by atoms with Crippen molar-refractivity contribution in [3.63, 3.8) is 0 Å². The van der Waals surface area contributed by atoms with Gasteiger partial charge in [-0.15, -0.1) is 0 Å². The first-order valence-corrected chi connectivity index (χ1v) is 12.3. The van der Waals surface area contributed by atoms with Crippen molar-refractivity contribution in [1.82, 2.24) is 19.4 Å². The van der Waals surface area contributed by atoms with Crippen LogP contribution >= 0.6 is 0 Å². The molecule has 1 aromatic heterocycles. The van der Waals surface area contributed by atoms with E-state index in [1.54, 1.807) is 17.0 Å². The number of nitrogens with zero attached hydrogens (tertiary/aromatic N) is 3. The van der Waals surface area contributed by atoms with Gasteiger partial charge in [0.25, 0.3) is 5.91 Å². The Hall–Kier alpha value is -2.69. The molecule has 172 valence electrons. The molecule has 2 aliphatic heterocycles. The maximum Gasteiger partial charge on any atom is 0.253 e. The molecule has 0 aliphatic carbocycles.